The number of sulfonamides is 1. The normalized spacial score (nSPS) is 11.2. The van der Waals surface area contributed by atoms with E-state index in [1.807, 2.05) is 12.1 Å². The minimum absolute atomic E-state index is 0.00299. The van der Waals surface area contributed by atoms with Gasteiger partial charge in [0, 0.05) is 36.3 Å². The van der Waals surface area contributed by atoms with E-state index in [1.165, 1.54) is 30.3 Å². The van der Waals surface area contributed by atoms with Crippen LogP contribution in [-0.2, 0) is 23.1 Å². The molecule has 0 saturated carbocycles. The first-order valence-corrected chi connectivity index (χ1v) is 10.7. The fraction of sp³-hybridized carbons (Fsp3) is 0.100. The van der Waals surface area contributed by atoms with E-state index in [-0.39, 0.29) is 22.1 Å². The van der Waals surface area contributed by atoms with E-state index in [2.05, 4.69) is 10.3 Å². The summed E-state index contributed by atoms with van der Waals surface area (Å²) in [4.78, 5) is 5.48. The summed E-state index contributed by atoms with van der Waals surface area (Å²) in [6.45, 7) is 0.405. The third-order valence-electron chi connectivity index (χ3n) is 4.26. The van der Waals surface area contributed by atoms with Gasteiger partial charge < -0.3 is 10.2 Å². The largest absolute Gasteiger partial charge is 0.358 e. The molecule has 3 aromatic rings. The molecule has 0 atom stereocenters. The van der Waals surface area contributed by atoms with Crippen molar-refractivity contribution in [1.29, 1.82) is 0 Å². The highest BCUT2D eigenvalue weighted by Crippen LogP contribution is 2.22. The zero-order valence-electron chi connectivity index (χ0n) is 15.6. The third-order valence-corrected chi connectivity index (χ3v) is 5.55. The van der Waals surface area contributed by atoms with Crippen molar-refractivity contribution in [3.8, 4) is 0 Å². The zero-order valence-corrected chi connectivity index (χ0v) is 17.3. The summed E-state index contributed by atoms with van der Waals surface area (Å²) in [5, 5.41) is 8.50. The molecule has 10 heteroatoms. The molecule has 0 radical (unpaired) electrons. The molecule has 0 unspecified atom stereocenters. The van der Waals surface area contributed by atoms with Gasteiger partial charge in [-0.3, -0.25) is 4.98 Å². The summed E-state index contributed by atoms with van der Waals surface area (Å²) >= 11 is 5.49. The second-order valence-electron chi connectivity index (χ2n) is 6.37. The quantitative estimate of drug-likeness (QED) is 0.564. The Labute approximate surface area is 178 Å². The number of rotatable bonds is 6. The smallest absolute Gasteiger partial charge is 0.238 e. The molecule has 3 rings (SSSR count). The monoisotopic (exact) mass is 448 g/mol. The average Bonchev–Trinajstić information content (AvgIpc) is 2.72. The van der Waals surface area contributed by atoms with Crippen LogP contribution in [0.3, 0.4) is 0 Å². The molecule has 156 valence electrons. The van der Waals surface area contributed by atoms with E-state index < -0.39 is 21.7 Å². The second-order valence-corrected chi connectivity index (χ2v) is 8.32. The molecule has 0 spiro atoms. The molecule has 0 bridgehead atoms. The van der Waals surface area contributed by atoms with Gasteiger partial charge in [0.1, 0.15) is 11.6 Å². The van der Waals surface area contributed by atoms with Crippen molar-refractivity contribution in [3.63, 3.8) is 0 Å². The van der Waals surface area contributed by atoms with E-state index >= 15 is 0 Å². The van der Waals surface area contributed by atoms with Crippen LogP contribution in [0.5, 0.6) is 0 Å². The standard InChI is InChI=1S/C20H18F2N4O2S2/c21-16-2-1-15(19(22)11-16)13-26(17-3-5-18(6-4-17)30(23,27)28)20(29)25-12-14-7-9-24-10-8-14/h1-11H,12-13H2,(H,25,29)(H2,23,27,28). The first kappa shape index (κ1) is 21.8. The minimum Gasteiger partial charge on any atom is -0.358 e. The molecule has 0 amide bonds. The predicted molar refractivity (Wildman–Crippen MR) is 114 cm³/mol. The Balaban J connectivity index is 1.88. The van der Waals surface area contributed by atoms with Crippen LogP contribution in [0.15, 0.2) is 71.9 Å². The molecule has 3 N–H and O–H groups in total. The lowest BCUT2D eigenvalue weighted by Crippen LogP contribution is -2.39. The van der Waals surface area contributed by atoms with Gasteiger partial charge in [-0.05, 0) is 60.2 Å². The summed E-state index contributed by atoms with van der Waals surface area (Å²) in [5.41, 5.74) is 1.67. The van der Waals surface area contributed by atoms with Crippen molar-refractivity contribution in [1.82, 2.24) is 10.3 Å². The second kappa shape index (κ2) is 9.24. The van der Waals surface area contributed by atoms with Crippen molar-refractivity contribution < 1.29 is 17.2 Å². The molecule has 30 heavy (non-hydrogen) atoms. The Kier molecular flexibility index (Phi) is 6.70. The third kappa shape index (κ3) is 5.56. The van der Waals surface area contributed by atoms with Gasteiger partial charge in [0.15, 0.2) is 5.11 Å². The molecule has 1 aromatic heterocycles. The van der Waals surface area contributed by atoms with Crippen molar-refractivity contribution in [2.45, 2.75) is 18.0 Å². The molecule has 6 nitrogen and oxygen atoms in total. The number of nitrogens with zero attached hydrogens (tertiary/aromatic N) is 2. The number of pyridine rings is 1. The van der Waals surface area contributed by atoms with Crippen LogP contribution in [0.25, 0.3) is 0 Å². The predicted octanol–water partition coefficient (Wildman–Crippen LogP) is 3.09. The fourth-order valence-corrected chi connectivity index (χ4v) is 3.45. The summed E-state index contributed by atoms with van der Waals surface area (Å²) in [5.74, 6) is -1.39. The molecular weight excluding hydrogens is 430 g/mol. The summed E-state index contributed by atoms with van der Waals surface area (Å²) in [6, 6.07) is 12.6. The average molecular weight is 449 g/mol. The highest BCUT2D eigenvalue weighted by molar-refractivity contribution is 7.89. The Morgan fingerprint density at radius 2 is 1.73 bits per heavy atom. The van der Waals surface area contributed by atoms with Gasteiger partial charge in [-0.2, -0.15) is 0 Å². The maximum absolute atomic E-state index is 14.2. The van der Waals surface area contributed by atoms with E-state index in [9.17, 15) is 17.2 Å². The maximum atomic E-state index is 14.2. The van der Waals surface area contributed by atoms with Crippen molar-refractivity contribution in [2.24, 2.45) is 5.14 Å². The lowest BCUT2D eigenvalue weighted by molar-refractivity contribution is 0.572. The number of hydrogen-bond acceptors (Lipinski definition) is 4. The molecule has 0 saturated heterocycles. The number of thiocarbonyl (C=S) groups is 1. The van der Waals surface area contributed by atoms with E-state index in [0.29, 0.717) is 12.2 Å². The molecule has 0 fully saturated rings. The van der Waals surface area contributed by atoms with E-state index in [1.54, 1.807) is 17.3 Å². The topological polar surface area (TPSA) is 88.3 Å². The first-order chi connectivity index (χ1) is 14.2. The first-order valence-electron chi connectivity index (χ1n) is 8.75. The van der Waals surface area contributed by atoms with Gasteiger partial charge in [0.05, 0.1) is 11.4 Å². The van der Waals surface area contributed by atoms with Crippen LogP contribution in [0.2, 0.25) is 0 Å². The highest BCUT2D eigenvalue weighted by Gasteiger charge is 2.17. The molecular formula is C20H18F2N4O2S2. The maximum Gasteiger partial charge on any atom is 0.238 e. The number of aromatic nitrogens is 1. The lowest BCUT2D eigenvalue weighted by atomic mass is 10.2. The lowest BCUT2D eigenvalue weighted by Gasteiger charge is -2.26. The fourth-order valence-electron chi connectivity index (χ4n) is 2.69. The number of nitrogens with one attached hydrogen (secondary N) is 1. The Morgan fingerprint density at radius 3 is 2.33 bits per heavy atom. The zero-order chi connectivity index (χ0) is 21.7. The van der Waals surface area contributed by atoms with Crippen LogP contribution in [-0.4, -0.2) is 18.5 Å². The molecule has 0 aliphatic heterocycles. The number of halogens is 2. The van der Waals surface area contributed by atoms with E-state index in [4.69, 9.17) is 17.4 Å². The summed E-state index contributed by atoms with van der Waals surface area (Å²) in [6.07, 6.45) is 3.30. The van der Waals surface area contributed by atoms with Crippen LogP contribution in [0.4, 0.5) is 14.5 Å². The molecule has 1 heterocycles. The number of nitrogens with two attached hydrogens (primary N) is 1. The molecule has 0 aliphatic carbocycles. The number of primary sulfonamides is 1. The SMILES string of the molecule is NS(=O)(=O)c1ccc(N(Cc2ccc(F)cc2F)C(=S)NCc2ccncc2)cc1. The van der Waals surface area contributed by atoms with Crippen molar-refractivity contribution in [3.05, 3.63) is 89.8 Å². The Hall–Kier alpha value is -2.95. The van der Waals surface area contributed by atoms with Gasteiger partial charge in [-0.25, -0.2) is 22.3 Å². The van der Waals surface area contributed by atoms with Gasteiger partial charge >= 0.3 is 0 Å². The van der Waals surface area contributed by atoms with Crippen LogP contribution in [0.1, 0.15) is 11.1 Å². The molecule has 2 aromatic carbocycles. The van der Waals surface area contributed by atoms with Gasteiger partial charge in [-0.1, -0.05) is 6.07 Å². The minimum atomic E-state index is -3.86. The Morgan fingerprint density at radius 1 is 1.07 bits per heavy atom. The van der Waals surface area contributed by atoms with Crippen LogP contribution < -0.4 is 15.4 Å². The summed E-state index contributed by atoms with van der Waals surface area (Å²) < 4.78 is 50.5. The van der Waals surface area contributed by atoms with Crippen molar-refractivity contribution in [2.75, 3.05) is 4.90 Å². The van der Waals surface area contributed by atoms with Crippen molar-refractivity contribution >= 4 is 33.0 Å². The van der Waals surface area contributed by atoms with Gasteiger partial charge in [0.25, 0.3) is 0 Å². The Bertz CT molecular complexity index is 1140. The summed E-state index contributed by atoms with van der Waals surface area (Å²) in [7, 11) is -3.86. The van der Waals surface area contributed by atoms with Crippen LogP contribution >= 0.6 is 12.2 Å². The van der Waals surface area contributed by atoms with Crippen LogP contribution in [0, 0.1) is 11.6 Å². The van der Waals surface area contributed by atoms with Gasteiger partial charge in [0.2, 0.25) is 10.0 Å². The number of benzene rings is 2. The molecule has 0 aliphatic rings. The number of anilines is 1. The highest BCUT2D eigenvalue weighted by atomic mass is 32.2. The number of hydrogen-bond donors (Lipinski definition) is 2. The van der Waals surface area contributed by atoms with Gasteiger partial charge in [-0.15, -0.1) is 0 Å². The van der Waals surface area contributed by atoms with E-state index in [0.717, 1.165) is 17.7 Å².